The van der Waals surface area contributed by atoms with Gasteiger partial charge in [0.05, 0.1) is 5.69 Å². The van der Waals surface area contributed by atoms with Gasteiger partial charge in [-0.3, -0.25) is 0 Å². The third-order valence-corrected chi connectivity index (χ3v) is 4.75. The second-order valence-electron chi connectivity index (χ2n) is 6.46. The summed E-state index contributed by atoms with van der Waals surface area (Å²) in [6, 6.07) is 16.9. The second kappa shape index (κ2) is 6.57. The molecule has 2 aromatic carbocycles. The van der Waals surface area contributed by atoms with Crippen molar-refractivity contribution in [2.45, 2.75) is 6.42 Å². The molecule has 0 saturated carbocycles. The van der Waals surface area contributed by atoms with E-state index in [0.29, 0.717) is 5.92 Å². The topological polar surface area (TPSA) is 41.0 Å². The fourth-order valence-electron chi connectivity index (χ4n) is 3.48. The Bertz CT molecular complexity index is 846. The predicted octanol–water partition coefficient (Wildman–Crippen LogP) is 3.34. The van der Waals surface area contributed by atoms with Crippen molar-refractivity contribution in [3.63, 3.8) is 0 Å². The second-order valence-corrected chi connectivity index (χ2v) is 6.46. The molecule has 0 amide bonds. The summed E-state index contributed by atoms with van der Waals surface area (Å²) in [7, 11) is 2.01. The molecule has 1 saturated heterocycles. The molecule has 1 aromatic heterocycles. The van der Waals surface area contributed by atoms with Gasteiger partial charge in [-0.1, -0.05) is 36.4 Å². The largest absolute Gasteiger partial charge is 0.340 e. The lowest BCUT2D eigenvalue weighted by Crippen LogP contribution is -2.25. The lowest BCUT2D eigenvalue weighted by atomic mass is 10.1. The van der Waals surface area contributed by atoms with E-state index in [-0.39, 0.29) is 0 Å². The Kier molecular flexibility index (Phi) is 4.13. The molecule has 0 unspecified atom stereocenters. The lowest BCUT2D eigenvalue weighted by Gasteiger charge is -2.17. The van der Waals surface area contributed by atoms with Crippen molar-refractivity contribution in [1.82, 2.24) is 15.3 Å². The zero-order valence-corrected chi connectivity index (χ0v) is 13.9. The monoisotopic (exact) mass is 318 g/mol. The molecule has 122 valence electrons. The van der Waals surface area contributed by atoms with Crippen molar-refractivity contribution in [1.29, 1.82) is 0 Å². The summed E-state index contributed by atoms with van der Waals surface area (Å²) in [5, 5.41) is 5.76. The summed E-state index contributed by atoms with van der Waals surface area (Å²) in [5.74, 6) is 1.53. The van der Waals surface area contributed by atoms with Gasteiger partial charge < -0.3 is 10.2 Å². The molecular formula is C20H22N4. The fraction of sp³-hybridized carbons (Fsp3) is 0.300. The Morgan fingerprint density at radius 2 is 2.00 bits per heavy atom. The zero-order valence-electron chi connectivity index (χ0n) is 13.9. The number of benzene rings is 2. The maximum atomic E-state index is 4.82. The van der Waals surface area contributed by atoms with E-state index in [4.69, 9.17) is 4.98 Å². The SMILES string of the molecule is CNC[C@H]1CCN(c2nccc(-c3ccc4ccccc4c3)n2)C1. The highest BCUT2D eigenvalue weighted by Crippen LogP contribution is 2.26. The molecule has 4 heteroatoms. The van der Waals surface area contributed by atoms with E-state index in [9.17, 15) is 0 Å². The number of fused-ring (bicyclic) bond motifs is 1. The van der Waals surface area contributed by atoms with Crippen molar-refractivity contribution >= 4 is 16.7 Å². The summed E-state index contributed by atoms with van der Waals surface area (Å²) in [5.41, 5.74) is 2.13. The van der Waals surface area contributed by atoms with Gasteiger partial charge in [-0.15, -0.1) is 0 Å². The smallest absolute Gasteiger partial charge is 0.225 e. The number of nitrogens with zero attached hydrogens (tertiary/aromatic N) is 3. The summed E-state index contributed by atoms with van der Waals surface area (Å²) >= 11 is 0. The van der Waals surface area contributed by atoms with Crippen molar-refractivity contribution in [3.05, 3.63) is 54.7 Å². The highest BCUT2D eigenvalue weighted by atomic mass is 15.3. The molecule has 0 bridgehead atoms. The molecule has 1 fully saturated rings. The minimum absolute atomic E-state index is 0.683. The van der Waals surface area contributed by atoms with Crippen molar-refractivity contribution < 1.29 is 0 Å². The molecule has 2 heterocycles. The minimum Gasteiger partial charge on any atom is -0.340 e. The average molecular weight is 318 g/mol. The number of hydrogen-bond acceptors (Lipinski definition) is 4. The molecule has 1 aliphatic rings. The zero-order chi connectivity index (χ0) is 16.4. The van der Waals surface area contributed by atoms with Gasteiger partial charge in [0.15, 0.2) is 0 Å². The van der Waals surface area contributed by atoms with Crippen LogP contribution in [0, 0.1) is 5.92 Å². The highest BCUT2D eigenvalue weighted by Gasteiger charge is 2.23. The van der Waals surface area contributed by atoms with E-state index in [0.717, 1.165) is 36.8 Å². The Balaban J connectivity index is 1.62. The van der Waals surface area contributed by atoms with Crippen LogP contribution in [0.25, 0.3) is 22.0 Å². The van der Waals surface area contributed by atoms with Crippen LogP contribution in [0.5, 0.6) is 0 Å². The first-order valence-corrected chi connectivity index (χ1v) is 8.55. The number of rotatable bonds is 4. The van der Waals surface area contributed by atoms with Crippen LogP contribution < -0.4 is 10.2 Å². The molecular weight excluding hydrogens is 296 g/mol. The molecule has 1 N–H and O–H groups in total. The van der Waals surface area contributed by atoms with Gasteiger partial charge in [0.2, 0.25) is 5.95 Å². The Morgan fingerprint density at radius 3 is 2.88 bits per heavy atom. The molecule has 1 atom stereocenters. The van der Waals surface area contributed by atoms with Crippen LogP contribution in [0.3, 0.4) is 0 Å². The van der Waals surface area contributed by atoms with Gasteiger partial charge in [0.25, 0.3) is 0 Å². The maximum absolute atomic E-state index is 4.82. The Labute approximate surface area is 142 Å². The van der Waals surface area contributed by atoms with E-state index in [1.807, 2.05) is 19.3 Å². The molecule has 1 aliphatic heterocycles. The van der Waals surface area contributed by atoms with Gasteiger partial charge in [-0.05, 0) is 48.8 Å². The van der Waals surface area contributed by atoms with Crippen LogP contribution in [0.2, 0.25) is 0 Å². The van der Waals surface area contributed by atoms with Crippen molar-refractivity contribution in [2.24, 2.45) is 5.92 Å². The average Bonchev–Trinajstić information content (AvgIpc) is 3.10. The van der Waals surface area contributed by atoms with Crippen LogP contribution >= 0.6 is 0 Å². The molecule has 4 rings (SSSR count). The quantitative estimate of drug-likeness (QED) is 0.801. The van der Waals surface area contributed by atoms with E-state index in [1.165, 1.54) is 17.2 Å². The van der Waals surface area contributed by atoms with Crippen LogP contribution in [0.1, 0.15) is 6.42 Å². The standard InChI is InChI=1S/C20H22N4/c1-21-13-15-9-11-24(14-15)20-22-10-8-19(23-20)18-7-6-16-4-2-3-5-17(16)12-18/h2-8,10,12,15,21H,9,11,13-14H2,1H3/t15-/m1/s1. The first-order chi connectivity index (χ1) is 11.8. The number of anilines is 1. The molecule has 0 aliphatic carbocycles. The Morgan fingerprint density at radius 1 is 1.12 bits per heavy atom. The highest BCUT2D eigenvalue weighted by molar-refractivity contribution is 5.86. The molecule has 24 heavy (non-hydrogen) atoms. The third kappa shape index (κ3) is 2.97. The lowest BCUT2D eigenvalue weighted by molar-refractivity contribution is 0.548. The minimum atomic E-state index is 0.683. The van der Waals surface area contributed by atoms with Gasteiger partial charge in [-0.2, -0.15) is 0 Å². The predicted molar refractivity (Wildman–Crippen MR) is 99.2 cm³/mol. The number of hydrogen-bond donors (Lipinski definition) is 1. The third-order valence-electron chi connectivity index (χ3n) is 4.75. The van der Waals surface area contributed by atoms with E-state index < -0.39 is 0 Å². The summed E-state index contributed by atoms with van der Waals surface area (Å²) in [6.07, 6.45) is 3.07. The molecule has 0 radical (unpaired) electrons. The number of nitrogens with one attached hydrogen (secondary N) is 1. The normalized spacial score (nSPS) is 17.5. The summed E-state index contributed by atoms with van der Waals surface area (Å²) in [6.45, 7) is 3.12. The van der Waals surface area contributed by atoms with Crippen molar-refractivity contribution in [3.8, 4) is 11.3 Å². The van der Waals surface area contributed by atoms with E-state index in [1.54, 1.807) is 0 Å². The van der Waals surface area contributed by atoms with Crippen LogP contribution in [0.15, 0.2) is 54.7 Å². The van der Waals surface area contributed by atoms with Crippen LogP contribution in [-0.4, -0.2) is 36.6 Å². The first-order valence-electron chi connectivity index (χ1n) is 8.55. The first kappa shape index (κ1) is 15.1. The number of aromatic nitrogens is 2. The Hall–Kier alpha value is -2.46. The van der Waals surface area contributed by atoms with E-state index in [2.05, 4.69) is 57.7 Å². The summed E-state index contributed by atoms with van der Waals surface area (Å²) in [4.78, 5) is 11.6. The summed E-state index contributed by atoms with van der Waals surface area (Å²) < 4.78 is 0. The fourth-order valence-corrected chi connectivity index (χ4v) is 3.48. The van der Waals surface area contributed by atoms with Gasteiger partial charge in [-0.25, -0.2) is 9.97 Å². The molecule has 4 nitrogen and oxygen atoms in total. The van der Waals surface area contributed by atoms with E-state index >= 15 is 0 Å². The van der Waals surface area contributed by atoms with Gasteiger partial charge >= 0.3 is 0 Å². The van der Waals surface area contributed by atoms with Gasteiger partial charge in [0, 0.05) is 24.8 Å². The maximum Gasteiger partial charge on any atom is 0.225 e. The molecule has 0 spiro atoms. The van der Waals surface area contributed by atoms with Crippen molar-refractivity contribution in [2.75, 3.05) is 31.6 Å². The molecule has 3 aromatic rings. The van der Waals surface area contributed by atoms with Crippen LogP contribution in [0.4, 0.5) is 5.95 Å². The van der Waals surface area contributed by atoms with Gasteiger partial charge in [0.1, 0.15) is 0 Å². The van der Waals surface area contributed by atoms with Crippen LogP contribution in [-0.2, 0) is 0 Å².